The van der Waals surface area contributed by atoms with Crippen molar-refractivity contribution in [1.29, 1.82) is 0 Å². The van der Waals surface area contributed by atoms with Gasteiger partial charge in [-0.15, -0.1) is 0 Å². The molecule has 0 aliphatic carbocycles. The van der Waals surface area contributed by atoms with Crippen LogP contribution in [0.4, 0.5) is 0 Å². The first-order valence-corrected chi connectivity index (χ1v) is 5.70. The molecule has 0 aromatic rings. The van der Waals surface area contributed by atoms with Crippen LogP contribution < -0.4 is 5.32 Å². The molecule has 0 amide bonds. The van der Waals surface area contributed by atoms with Crippen LogP contribution >= 0.6 is 0 Å². The molecule has 1 atom stereocenters. The Labute approximate surface area is 87.7 Å². The number of ether oxygens (including phenoxy) is 1. The van der Waals surface area contributed by atoms with Gasteiger partial charge in [-0.05, 0) is 26.7 Å². The largest absolute Gasteiger partial charge is 0.379 e. The molecule has 0 aromatic heterocycles. The lowest BCUT2D eigenvalue weighted by Crippen LogP contribution is -2.41. The Bertz CT molecular complexity index is 192. The zero-order valence-electron chi connectivity index (χ0n) is 9.73. The summed E-state index contributed by atoms with van der Waals surface area (Å²) in [5, 5.41) is 3.49. The van der Waals surface area contributed by atoms with Crippen molar-refractivity contribution in [1.82, 2.24) is 5.32 Å². The molecule has 1 aliphatic heterocycles. The average Bonchev–Trinajstić information content (AvgIpc) is 2.19. The Morgan fingerprint density at radius 2 is 2.14 bits per heavy atom. The van der Waals surface area contributed by atoms with E-state index in [2.05, 4.69) is 26.1 Å². The van der Waals surface area contributed by atoms with Crippen LogP contribution in [0.3, 0.4) is 0 Å². The fourth-order valence-electron chi connectivity index (χ4n) is 1.88. The van der Waals surface area contributed by atoms with E-state index in [4.69, 9.17) is 4.74 Å². The molecule has 14 heavy (non-hydrogen) atoms. The van der Waals surface area contributed by atoms with E-state index in [-0.39, 0.29) is 0 Å². The van der Waals surface area contributed by atoms with Crippen LogP contribution in [0.5, 0.6) is 0 Å². The second-order valence-electron chi connectivity index (χ2n) is 4.24. The predicted molar refractivity (Wildman–Crippen MR) is 60.5 cm³/mol. The molecule has 1 rings (SSSR count). The minimum absolute atomic E-state index is 0.538. The molecule has 0 radical (unpaired) electrons. The summed E-state index contributed by atoms with van der Waals surface area (Å²) in [5.41, 5.74) is 3.09. The molecule has 1 unspecified atom stereocenters. The van der Waals surface area contributed by atoms with Gasteiger partial charge in [-0.25, -0.2) is 0 Å². The standard InChI is InChI=1S/C12H23NO/c1-4-5-10(2)11(3)8-12-9-14-7-6-13-12/h12-13H,4-9H2,1-3H3. The maximum atomic E-state index is 5.44. The first-order valence-electron chi connectivity index (χ1n) is 5.70. The molecule has 1 heterocycles. The van der Waals surface area contributed by atoms with Gasteiger partial charge in [0.15, 0.2) is 0 Å². The predicted octanol–water partition coefficient (Wildman–Crippen LogP) is 2.50. The van der Waals surface area contributed by atoms with Gasteiger partial charge in [0, 0.05) is 12.6 Å². The Hall–Kier alpha value is -0.340. The van der Waals surface area contributed by atoms with Crippen molar-refractivity contribution in [2.24, 2.45) is 0 Å². The Morgan fingerprint density at radius 3 is 2.71 bits per heavy atom. The lowest BCUT2D eigenvalue weighted by Gasteiger charge is -2.24. The number of rotatable bonds is 4. The van der Waals surface area contributed by atoms with Crippen molar-refractivity contribution in [3.8, 4) is 0 Å². The Morgan fingerprint density at radius 1 is 1.36 bits per heavy atom. The van der Waals surface area contributed by atoms with Gasteiger partial charge in [-0.1, -0.05) is 24.5 Å². The quantitative estimate of drug-likeness (QED) is 0.699. The summed E-state index contributed by atoms with van der Waals surface area (Å²) in [6, 6.07) is 0.538. The van der Waals surface area contributed by atoms with Gasteiger partial charge < -0.3 is 10.1 Å². The first kappa shape index (κ1) is 11.7. The van der Waals surface area contributed by atoms with Gasteiger partial charge >= 0.3 is 0 Å². The van der Waals surface area contributed by atoms with Crippen LogP contribution in [-0.4, -0.2) is 25.8 Å². The van der Waals surface area contributed by atoms with E-state index in [0.29, 0.717) is 6.04 Å². The van der Waals surface area contributed by atoms with E-state index in [0.717, 1.165) is 26.2 Å². The maximum absolute atomic E-state index is 5.44. The molecule has 1 saturated heterocycles. The van der Waals surface area contributed by atoms with Crippen molar-refractivity contribution in [3.05, 3.63) is 11.1 Å². The minimum Gasteiger partial charge on any atom is -0.379 e. The molecule has 0 spiro atoms. The highest BCUT2D eigenvalue weighted by atomic mass is 16.5. The topological polar surface area (TPSA) is 21.3 Å². The summed E-state index contributed by atoms with van der Waals surface area (Å²) in [6.45, 7) is 9.48. The summed E-state index contributed by atoms with van der Waals surface area (Å²) in [4.78, 5) is 0. The minimum atomic E-state index is 0.538. The molecule has 0 saturated carbocycles. The van der Waals surface area contributed by atoms with Crippen LogP contribution in [0.25, 0.3) is 0 Å². The lowest BCUT2D eigenvalue weighted by molar-refractivity contribution is 0.0769. The summed E-state index contributed by atoms with van der Waals surface area (Å²) in [5.74, 6) is 0. The van der Waals surface area contributed by atoms with Crippen molar-refractivity contribution < 1.29 is 4.74 Å². The highest BCUT2D eigenvalue weighted by molar-refractivity contribution is 5.11. The molecule has 1 fully saturated rings. The highest BCUT2D eigenvalue weighted by Gasteiger charge is 2.13. The fraction of sp³-hybridized carbons (Fsp3) is 0.833. The first-order chi connectivity index (χ1) is 6.74. The third kappa shape index (κ3) is 3.81. The van der Waals surface area contributed by atoms with Gasteiger partial charge in [0.25, 0.3) is 0 Å². The molecule has 1 aliphatic rings. The molecule has 1 N–H and O–H groups in total. The molecule has 2 heteroatoms. The van der Waals surface area contributed by atoms with E-state index in [1.54, 1.807) is 5.57 Å². The van der Waals surface area contributed by atoms with E-state index < -0.39 is 0 Å². The molecular formula is C12H23NO. The SMILES string of the molecule is CCCC(C)=C(C)CC1COCCN1. The molecule has 0 bridgehead atoms. The number of allylic oxidation sites excluding steroid dienone is 1. The summed E-state index contributed by atoms with van der Waals surface area (Å²) in [6.07, 6.45) is 3.63. The monoisotopic (exact) mass is 197 g/mol. The van der Waals surface area contributed by atoms with Crippen LogP contribution in [0.2, 0.25) is 0 Å². The highest BCUT2D eigenvalue weighted by Crippen LogP contribution is 2.15. The van der Waals surface area contributed by atoms with Gasteiger partial charge in [-0.2, -0.15) is 0 Å². The van der Waals surface area contributed by atoms with Crippen LogP contribution in [0, 0.1) is 0 Å². The van der Waals surface area contributed by atoms with Crippen LogP contribution in [0.15, 0.2) is 11.1 Å². The van der Waals surface area contributed by atoms with Crippen LogP contribution in [0.1, 0.15) is 40.0 Å². The number of nitrogens with one attached hydrogen (secondary N) is 1. The van der Waals surface area contributed by atoms with Gasteiger partial charge in [0.05, 0.1) is 13.2 Å². The van der Waals surface area contributed by atoms with Gasteiger partial charge in [0.2, 0.25) is 0 Å². The lowest BCUT2D eigenvalue weighted by atomic mass is 10.00. The fourth-order valence-corrected chi connectivity index (χ4v) is 1.88. The molecule has 0 aromatic carbocycles. The normalized spacial score (nSPS) is 24.6. The summed E-state index contributed by atoms with van der Waals surface area (Å²) in [7, 11) is 0. The van der Waals surface area contributed by atoms with E-state index in [1.165, 1.54) is 18.4 Å². The van der Waals surface area contributed by atoms with Crippen LogP contribution in [-0.2, 0) is 4.74 Å². The van der Waals surface area contributed by atoms with Crippen molar-refractivity contribution >= 4 is 0 Å². The number of hydrogen-bond donors (Lipinski definition) is 1. The smallest absolute Gasteiger partial charge is 0.0623 e. The Kier molecular flexibility index (Phi) is 5.20. The zero-order valence-corrected chi connectivity index (χ0v) is 9.73. The van der Waals surface area contributed by atoms with E-state index in [1.807, 2.05) is 0 Å². The molecule has 82 valence electrons. The van der Waals surface area contributed by atoms with Crippen molar-refractivity contribution in [2.45, 2.75) is 46.1 Å². The molecule has 2 nitrogen and oxygen atoms in total. The summed E-state index contributed by atoms with van der Waals surface area (Å²) >= 11 is 0. The third-order valence-corrected chi connectivity index (χ3v) is 2.90. The Balaban J connectivity index is 2.37. The summed E-state index contributed by atoms with van der Waals surface area (Å²) < 4.78 is 5.44. The molecular weight excluding hydrogens is 174 g/mol. The van der Waals surface area contributed by atoms with Gasteiger partial charge in [0.1, 0.15) is 0 Å². The second-order valence-corrected chi connectivity index (χ2v) is 4.24. The number of hydrogen-bond acceptors (Lipinski definition) is 2. The van der Waals surface area contributed by atoms with E-state index in [9.17, 15) is 0 Å². The average molecular weight is 197 g/mol. The second kappa shape index (κ2) is 6.20. The maximum Gasteiger partial charge on any atom is 0.0623 e. The zero-order chi connectivity index (χ0) is 10.4. The van der Waals surface area contributed by atoms with E-state index >= 15 is 0 Å². The van der Waals surface area contributed by atoms with Gasteiger partial charge in [-0.3, -0.25) is 0 Å². The number of morpholine rings is 1. The van der Waals surface area contributed by atoms with Crippen molar-refractivity contribution in [3.63, 3.8) is 0 Å². The third-order valence-electron chi connectivity index (χ3n) is 2.90. The van der Waals surface area contributed by atoms with Crippen molar-refractivity contribution in [2.75, 3.05) is 19.8 Å².